The molecule has 0 fully saturated rings. The van der Waals surface area contributed by atoms with E-state index in [9.17, 15) is 0 Å². The number of nitrogens with one attached hydrogen (secondary N) is 1. The molecular weight excluding hydrogens is 236 g/mol. The Morgan fingerprint density at radius 1 is 1.21 bits per heavy atom. The average Bonchev–Trinajstić information content (AvgIpc) is 2.43. The largest absolute Gasteiger partial charge is 0.380 e. The van der Waals surface area contributed by atoms with Gasteiger partial charge in [0.25, 0.3) is 0 Å². The highest BCUT2D eigenvalue weighted by atomic mass is 16.5. The minimum absolute atomic E-state index is 0.730. The van der Waals surface area contributed by atoms with E-state index in [0.717, 1.165) is 37.5 Å². The molecule has 1 aromatic heterocycles. The van der Waals surface area contributed by atoms with Crippen LogP contribution in [0.2, 0.25) is 0 Å². The first-order chi connectivity index (χ1) is 9.31. The third-order valence-corrected chi connectivity index (χ3v) is 3.10. The minimum atomic E-state index is 0.730. The van der Waals surface area contributed by atoms with Gasteiger partial charge in [-0.2, -0.15) is 0 Å². The van der Waals surface area contributed by atoms with Crippen LogP contribution in [-0.2, 0) is 4.74 Å². The van der Waals surface area contributed by atoms with E-state index in [4.69, 9.17) is 4.74 Å². The fourth-order valence-electron chi connectivity index (χ4n) is 1.99. The van der Waals surface area contributed by atoms with Crippen LogP contribution in [0.15, 0.2) is 30.3 Å². The van der Waals surface area contributed by atoms with Gasteiger partial charge in [0.2, 0.25) is 0 Å². The van der Waals surface area contributed by atoms with Gasteiger partial charge < -0.3 is 10.1 Å². The highest BCUT2D eigenvalue weighted by molar-refractivity contribution is 5.81. The molecule has 2 aromatic rings. The quantitative estimate of drug-likeness (QED) is 0.768. The van der Waals surface area contributed by atoms with Gasteiger partial charge >= 0.3 is 0 Å². The Balaban J connectivity index is 1.91. The number of hydrogen-bond acceptors (Lipinski definition) is 3. The van der Waals surface area contributed by atoms with Crippen LogP contribution in [0.3, 0.4) is 0 Å². The third-order valence-electron chi connectivity index (χ3n) is 3.10. The molecule has 2 rings (SSSR count). The lowest BCUT2D eigenvalue weighted by molar-refractivity contribution is 0.141. The second-order valence-electron chi connectivity index (χ2n) is 4.74. The van der Waals surface area contributed by atoms with Crippen molar-refractivity contribution in [1.82, 2.24) is 4.98 Å². The van der Waals surface area contributed by atoms with Crippen LogP contribution in [0.1, 0.15) is 25.3 Å². The van der Waals surface area contributed by atoms with Crippen LogP contribution >= 0.6 is 0 Å². The van der Waals surface area contributed by atoms with E-state index >= 15 is 0 Å². The molecule has 0 aliphatic heterocycles. The number of unbranched alkanes of at least 4 members (excludes halogenated alkanes) is 1. The van der Waals surface area contributed by atoms with Crippen molar-refractivity contribution < 1.29 is 4.74 Å². The predicted molar refractivity (Wildman–Crippen MR) is 80.7 cm³/mol. The Morgan fingerprint density at radius 3 is 2.89 bits per heavy atom. The Morgan fingerprint density at radius 2 is 2.05 bits per heavy atom. The van der Waals surface area contributed by atoms with E-state index in [0.29, 0.717) is 0 Å². The van der Waals surface area contributed by atoms with Gasteiger partial charge in [0, 0.05) is 18.5 Å². The summed E-state index contributed by atoms with van der Waals surface area (Å²) in [6.07, 6.45) is 2.31. The Bertz CT molecular complexity index is 525. The zero-order valence-corrected chi connectivity index (χ0v) is 11.8. The number of anilines is 1. The molecule has 19 heavy (non-hydrogen) atoms. The minimum Gasteiger partial charge on any atom is -0.380 e. The number of benzene rings is 1. The summed E-state index contributed by atoms with van der Waals surface area (Å²) >= 11 is 0. The van der Waals surface area contributed by atoms with Gasteiger partial charge in [0.05, 0.1) is 12.1 Å². The highest BCUT2D eigenvalue weighted by Crippen LogP contribution is 2.19. The van der Waals surface area contributed by atoms with E-state index in [1.54, 1.807) is 0 Å². The number of para-hydroxylation sites is 1. The molecule has 3 heteroatoms. The van der Waals surface area contributed by atoms with Crippen molar-refractivity contribution >= 4 is 16.7 Å². The molecule has 0 aliphatic rings. The summed E-state index contributed by atoms with van der Waals surface area (Å²) < 4.78 is 5.53. The summed E-state index contributed by atoms with van der Waals surface area (Å²) in [5.74, 6) is 0.956. The smallest absolute Gasteiger partial charge is 0.129 e. The summed E-state index contributed by atoms with van der Waals surface area (Å²) in [6.45, 7) is 6.63. The summed E-state index contributed by atoms with van der Waals surface area (Å²) in [6, 6.07) is 10.4. The number of ether oxygens (including phenoxy) is 1. The zero-order valence-electron chi connectivity index (χ0n) is 11.8. The van der Waals surface area contributed by atoms with Crippen LogP contribution in [0.5, 0.6) is 0 Å². The van der Waals surface area contributed by atoms with Crippen molar-refractivity contribution in [2.45, 2.75) is 26.7 Å². The molecule has 0 bridgehead atoms. The van der Waals surface area contributed by atoms with Crippen molar-refractivity contribution in [3.05, 3.63) is 35.9 Å². The summed E-state index contributed by atoms with van der Waals surface area (Å²) in [5.41, 5.74) is 2.20. The standard InChI is InChI=1S/C16H22N2O/c1-3-4-10-19-11-9-17-16-13(2)12-14-7-5-6-8-15(14)18-16/h5-8,12H,3-4,9-11H2,1-2H3,(H,17,18). The van der Waals surface area contributed by atoms with Crippen LogP contribution < -0.4 is 5.32 Å². The van der Waals surface area contributed by atoms with Crippen LogP contribution in [0.25, 0.3) is 10.9 Å². The lowest BCUT2D eigenvalue weighted by Gasteiger charge is -2.10. The fourth-order valence-corrected chi connectivity index (χ4v) is 1.99. The number of aromatic nitrogens is 1. The Labute approximate surface area is 115 Å². The van der Waals surface area contributed by atoms with Gasteiger partial charge in [-0.25, -0.2) is 4.98 Å². The lowest BCUT2D eigenvalue weighted by Crippen LogP contribution is -2.11. The number of rotatable bonds is 7. The number of nitrogens with zero attached hydrogens (tertiary/aromatic N) is 1. The Kier molecular flexibility index (Phi) is 5.16. The molecule has 0 amide bonds. The number of hydrogen-bond donors (Lipinski definition) is 1. The Hall–Kier alpha value is -1.61. The maximum atomic E-state index is 5.53. The average molecular weight is 258 g/mol. The summed E-state index contributed by atoms with van der Waals surface area (Å²) in [4.78, 5) is 4.64. The molecule has 0 spiro atoms. The first kappa shape index (κ1) is 13.8. The molecule has 102 valence electrons. The van der Waals surface area contributed by atoms with Crippen molar-refractivity contribution in [2.75, 3.05) is 25.1 Å². The van der Waals surface area contributed by atoms with E-state index < -0.39 is 0 Å². The van der Waals surface area contributed by atoms with Crippen molar-refractivity contribution in [3.8, 4) is 0 Å². The van der Waals surface area contributed by atoms with Crippen LogP contribution in [-0.4, -0.2) is 24.7 Å². The van der Waals surface area contributed by atoms with Crippen molar-refractivity contribution in [2.24, 2.45) is 0 Å². The van der Waals surface area contributed by atoms with Gasteiger partial charge in [0.1, 0.15) is 5.82 Å². The summed E-state index contributed by atoms with van der Waals surface area (Å²) in [5, 5.41) is 4.53. The molecule has 1 heterocycles. The van der Waals surface area contributed by atoms with E-state index in [1.807, 2.05) is 18.2 Å². The van der Waals surface area contributed by atoms with Crippen molar-refractivity contribution in [3.63, 3.8) is 0 Å². The molecule has 0 saturated carbocycles. The van der Waals surface area contributed by atoms with Gasteiger partial charge in [0.15, 0.2) is 0 Å². The molecule has 1 aromatic carbocycles. The lowest BCUT2D eigenvalue weighted by atomic mass is 10.1. The van der Waals surface area contributed by atoms with Gasteiger partial charge in [-0.15, -0.1) is 0 Å². The highest BCUT2D eigenvalue weighted by Gasteiger charge is 2.02. The topological polar surface area (TPSA) is 34.1 Å². The maximum absolute atomic E-state index is 5.53. The second-order valence-corrected chi connectivity index (χ2v) is 4.74. The second kappa shape index (κ2) is 7.10. The van der Waals surface area contributed by atoms with Crippen LogP contribution in [0.4, 0.5) is 5.82 Å². The predicted octanol–water partition coefficient (Wildman–Crippen LogP) is 3.77. The molecule has 0 saturated heterocycles. The van der Waals surface area contributed by atoms with E-state index in [1.165, 1.54) is 17.4 Å². The first-order valence-corrected chi connectivity index (χ1v) is 6.99. The van der Waals surface area contributed by atoms with E-state index in [-0.39, 0.29) is 0 Å². The van der Waals surface area contributed by atoms with Gasteiger partial charge in [-0.1, -0.05) is 31.5 Å². The van der Waals surface area contributed by atoms with Crippen LogP contribution in [0, 0.1) is 6.92 Å². The third kappa shape index (κ3) is 3.93. The molecule has 0 aliphatic carbocycles. The first-order valence-electron chi connectivity index (χ1n) is 6.99. The van der Waals surface area contributed by atoms with E-state index in [2.05, 4.69) is 36.3 Å². The molecular formula is C16H22N2O. The number of pyridine rings is 1. The molecule has 0 radical (unpaired) electrons. The fraction of sp³-hybridized carbons (Fsp3) is 0.438. The molecule has 1 N–H and O–H groups in total. The SMILES string of the molecule is CCCCOCCNc1nc2ccccc2cc1C. The monoisotopic (exact) mass is 258 g/mol. The normalized spacial score (nSPS) is 10.8. The number of fused-ring (bicyclic) bond motifs is 1. The van der Waals surface area contributed by atoms with Crippen molar-refractivity contribution in [1.29, 1.82) is 0 Å². The molecule has 0 atom stereocenters. The maximum Gasteiger partial charge on any atom is 0.129 e. The zero-order chi connectivity index (χ0) is 13.5. The molecule has 3 nitrogen and oxygen atoms in total. The molecule has 0 unspecified atom stereocenters. The van der Waals surface area contributed by atoms with Gasteiger partial charge in [-0.05, 0) is 31.0 Å². The summed E-state index contributed by atoms with van der Waals surface area (Å²) in [7, 11) is 0. The number of aryl methyl sites for hydroxylation is 1. The van der Waals surface area contributed by atoms with Gasteiger partial charge in [-0.3, -0.25) is 0 Å².